The van der Waals surface area contributed by atoms with Gasteiger partial charge < -0.3 is 10.4 Å². The van der Waals surface area contributed by atoms with Gasteiger partial charge in [-0.3, -0.25) is 4.79 Å². The molecule has 0 aliphatic rings. The highest BCUT2D eigenvalue weighted by Crippen LogP contribution is 2.14. The maximum absolute atomic E-state index is 13.4. The summed E-state index contributed by atoms with van der Waals surface area (Å²) in [6.45, 7) is 3.46. The van der Waals surface area contributed by atoms with Crippen molar-refractivity contribution < 1.29 is 23.5 Å². The molecule has 0 fully saturated rings. The van der Waals surface area contributed by atoms with E-state index >= 15 is 0 Å². The minimum atomic E-state index is -1.32. The van der Waals surface area contributed by atoms with Crippen LogP contribution in [0.5, 0.6) is 0 Å². The third kappa shape index (κ3) is 4.13. The summed E-state index contributed by atoms with van der Waals surface area (Å²) < 4.78 is 26.7. The van der Waals surface area contributed by atoms with Crippen molar-refractivity contribution in [2.45, 2.75) is 12.5 Å². The summed E-state index contributed by atoms with van der Waals surface area (Å²) in [5, 5.41) is 11.0. The topological polar surface area (TPSA) is 66.4 Å². The fourth-order valence-corrected chi connectivity index (χ4v) is 1.66. The summed E-state index contributed by atoms with van der Waals surface area (Å²) >= 11 is 2.97. The van der Waals surface area contributed by atoms with Gasteiger partial charge in [0.1, 0.15) is 6.04 Å². The van der Waals surface area contributed by atoms with Gasteiger partial charge >= 0.3 is 5.97 Å². The van der Waals surface area contributed by atoms with E-state index in [9.17, 15) is 18.4 Å². The first-order valence-electron chi connectivity index (χ1n) is 5.14. The number of carboxylic acids is 1. The molecule has 1 atom stereocenters. The van der Waals surface area contributed by atoms with Crippen LogP contribution in [0.2, 0.25) is 0 Å². The number of halogens is 3. The maximum Gasteiger partial charge on any atom is 0.326 e. The standard InChI is InChI=1S/C12H10BrF2NO3/c1-6(13)5-9(12(18)19)16-11(17)7-3-2-4-8(14)10(7)15/h2-4,9H,1,5H2,(H,16,17)(H,18,19)/t9-/m1/s1. The molecule has 0 aromatic heterocycles. The van der Waals surface area contributed by atoms with Crippen molar-refractivity contribution in [2.24, 2.45) is 0 Å². The SMILES string of the molecule is C=C(Br)C[C@@H](NC(=O)c1cccc(F)c1F)C(=O)O. The molecule has 1 aromatic carbocycles. The van der Waals surface area contributed by atoms with Gasteiger partial charge in [0.05, 0.1) is 5.56 Å². The molecule has 1 rings (SSSR count). The Morgan fingerprint density at radius 1 is 1.42 bits per heavy atom. The zero-order valence-corrected chi connectivity index (χ0v) is 11.2. The van der Waals surface area contributed by atoms with E-state index in [4.69, 9.17) is 5.11 Å². The molecule has 0 saturated carbocycles. The van der Waals surface area contributed by atoms with E-state index in [2.05, 4.69) is 27.8 Å². The quantitative estimate of drug-likeness (QED) is 0.869. The number of aliphatic carboxylic acids is 1. The smallest absolute Gasteiger partial charge is 0.326 e. The summed E-state index contributed by atoms with van der Waals surface area (Å²) in [7, 11) is 0. The Hall–Kier alpha value is -1.76. The van der Waals surface area contributed by atoms with Gasteiger partial charge in [0, 0.05) is 6.42 Å². The third-order valence-corrected chi connectivity index (χ3v) is 2.55. The molecule has 0 unspecified atom stereocenters. The average Bonchev–Trinajstić information content (AvgIpc) is 2.31. The van der Waals surface area contributed by atoms with Gasteiger partial charge in [0.2, 0.25) is 0 Å². The summed E-state index contributed by atoms with van der Waals surface area (Å²) in [6, 6.07) is 1.81. The molecular formula is C12H10BrF2NO3. The average molecular weight is 334 g/mol. The molecule has 0 aliphatic heterocycles. The molecule has 4 nitrogen and oxygen atoms in total. The van der Waals surface area contributed by atoms with Gasteiger partial charge in [-0.2, -0.15) is 0 Å². The van der Waals surface area contributed by atoms with Crippen molar-refractivity contribution in [1.82, 2.24) is 5.32 Å². The van der Waals surface area contributed by atoms with Crippen LogP contribution in [0.1, 0.15) is 16.8 Å². The number of amides is 1. The molecule has 102 valence electrons. The van der Waals surface area contributed by atoms with Crippen molar-refractivity contribution in [3.05, 3.63) is 46.5 Å². The van der Waals surface area contributed by atoms with Crippen LogP contribution < -0.4 is 5.32 Å². The van der Waals surface area contributed by atoms with Crippen LogP contribution >= 0.6 is 15.9 Å². The Kier molecular flexibility index (Phi) is 5.17. The maximum atomic E-state index is 13.4. The Morgan fingerprint density at radius 3 is 2.58 bits per heavy atom. The first kappa shape index (κ1) is 15.3. The van der Waals surface area contributed by atoms with Crippen LogP contribution in [-0.2, 0) is 4.79 Å². The van der Waals surface area contributed by atoms with Gasteiger partial charge in [-0.25, -0.2) is 13.6 Å². The number of carboxylic acid groups (broad SMARTS) is 1. The lowest BCUT2D eigenvalue weighted by Gasteiger charge is -2.14. The van der Waals surface area contributed by atoms with Crippen molar-refractivity contribution in [2.75, 3.05) is 0 Å². The zero-order valence-electron chi connectivity index (χ0n) is 9.62. The second-order valence-corrected chi connectivity index (χ2v) is 4.81. The fourth-order valence-electron chi connectivity index (χ4n) is 1.34. The molecule has 1 aromatic rings. The first-order valence-corrected chi connectivity index (χ1v) is 5.93. The van der Waals surface area contributed by atoms with E-state index in [1.165, 1.54) is 0 Å². The Morgan fingerprint density at radius 2 is 2.05 bits per heavy atom. The highest BCUT2D eigenvalue weighted by Gasteiger charge is 2.23. The molecule has 0 spiro atoms. The van der Waals surface area contributed by atoms with Crippen molar-refractivity contribution in [3.8, 4) is 0 Å². The molecule has 19 heavy (non-hydrogen) atoms. The largest absolute Gasteiger partial charge is 0.480 e. The number of hydrogen-bond donors (Lipinski definition) is 2. The van der Waals surface area contributed by atoms with Gasteiger partial charge in [0.15, 0.2) is 11.6 Å². The zero-order chi connectivity index (χ0) is 14.6. The van der Waals surface area contributed by atoms with Crippen molar-refractivity contribution in [1.29, 1.82) is 0 Å². The van der Waals surface area contributed by atoms with Gasteiger partial charge in [-0.05, 0) is 16.6 Å². The van der Waals surface area contributed by atoms with E-state index in [0.29, 0.717) is 4.48 Å². The fraction of sp³-hybridized carbons (Fsp3) is 0.167. The molecule has 0 heterocycles. The summed E-state index contributed by atoms with van der Waals surface area (Å²) in [4.78, 5) is 22.6. The highest BCUT2D eigenvalue weighted by molar-refractivity contribution is 9.11. The minimum Gasteiger partial charge on any atom is -0.480 e. The second-order valence-electron chi connectivity index (χ2n) is 3.69. The predicted molar refractivity (Wildman–Crippen MR) is 67.9 cm³/mol. The van der Waals surface area contributed by atoms with Crippen LogP contribution in [0.25, 0.3) is 0 Å². The summed E-state index contributed by atoms with van der Waals surface area (Å²) in [5.41, 5.74) is -0.550. The molecule has 0 bridgehead atoms. The van der Waals surface area contributed by atoms with Crippen LogP contribution in [-0.4, -0.2) is 23.0 Å². The molecule has 0 saturated heterocycles. The van der Waals surface area contributed by atoms with E-state index in [1.807, 2.05) is 0 Å². The summed E-state index contributed by atoms with van der Waals surface area (Å²) in [6.07, 6.45) is -0.0714. The first-order chi connectivity index (χ1) is 8.82. The molecular weight excluding hydrogens is 324 g/mol. The van der Waals surface area contributed by atoms with Crippen LogP contribution in [0.4, 0.5) is 8.78 Å². The normalized spacial score (nSPS) is 11.7. The van der Waals surface area contributed by atoms with E-state index in [-0.39, 0.29) is 6.42 Å². The lowest BCUT2D eigenvalue weighted by Crippen LogP contribution is -2.41. The molecule has 7 heteroatoms. The van der Waals surface area contributed by atoms with Crippen LogP contribution in [0.3, 0.4) is 0 Å². The number of nitrogens with one attached hydrogen (secondary N) is 1. The van der Waals surface area contributed by atoms with E-state index < -0.39 is 35.1 Å². The number of hydrogen-bond acceptors (Lipinski definition) is 2. The van der Waals surface area contributed by atoms with Gasteiger partial charge in [0.25, 0.3) is 5.91 Å². The Labute approximate surface area is 116 Å². The lowest BCUT2D eigenvalue weighted by molar-refractivity contribution is -0.139. The molecule has 1 amide bonds. The molecule has 2 N–H and O–H groups in total. The monoisotopic (exact) mass is 333 g/mol. The number of rotatable bonds is 5. The highest BCUT2D eigenvalue weighted by atomic mass is 79.9. The van der Waals surface area contributed by atoms with Crippen LogP contribution in [0, 0.1) is 11.6 Å². The minimum absolute atomic E-state index is 0.0714. The van der Waals surface area contributed by atoms with Crippen LogP contribution in [0.15, 0.2) is 29.3 Å². The number of benzene rings is 1. The lowest BCUT2D eigenvalue weighted by atomic mass is 10.1. The number of carbonyl (C=O) groups is 2. The Bertz CT molecular complexity index is 534. The van der Waals surface area contributed by atoms with Crippen molar-refractivity contribution in [3.63, 3.8) is 0 Å². The van der Waals surface area contributed by atoms with Gasteiger partial charge in [-0.15, -0.1) is 0 Å². The van der Waals surface area contributed by atoms with E-state index in [1.54, 1.807) is 0 Å². The second kappa shape index (κ2) is 6.42. The third-order valence-electron chi connectivity index (χ3n) is 2.23. The van der Waals surface area contributed by atoms with Crippen molar-refractivity contribution >= 4 is 27.8 Å². The van der Waals surface area contributed by atoms with E-state index in [0.717, 1.165) is 18.2 Å². The van der Waals surface area contributed by atoms with Gasteiger partial charge in [-0.1, -0.05) is 28.6 Å². The molecule has 0 radical (unpaired) electrons. The molecule has 0 aliphatic carbocycles. The summed E-state index contributed by atoms with van der Waals surface area (Å²) in [5.74, 6) is -4.80. The Balaban J connectivity index is 2.91. The predicted octanol–water partition coefficient (Wildman–Crippen LogP) is 2.45. The number of carbonyl (C=O) groups excluding carboxylic acids is 1.